The first kappa shape index (κ1) is 15.3. The molecule has 0 radical (unpaired) electrons. The molecule has 1 aliphatic rings. The molecule has 1 rings (SSSR count). The zero-order valence-electron chi connectivity index (χ0n) is 11.6. The van der Waals surface area contributed by atoms with Crippen molar-refractivity contribution in [2.24, 2.45) is 5.41 Å². The summed E-state index contributed by atoms with van der Waals surface area (Å²) in [6.07, 6.45) is 11.2. The number of hydrogen-bond acceptors (Lipinski definition) is 3. The van der Waals surface area contributed by atoms with E-state index in [1.165, 1.54) is 57.2 Å². The lowest BCUT2D eigenvalue weighted by atomic mass is 9.80. The second kappa shape index (κ2) is 8.39. The Morgan fingerprint density at radius 2 is 1.82 bits per heavy atom. The summed E-state index contributed by atoms with van der Waals surface area (Å²) in [6, 6.07) is 0. The van der Waals surface area contributed by atoms with Crippen molar-refractivity contribution in [2.45, 2.75) is 44.9 Å². The molecule has 0 amide bonds. The maximum Gasteiger partial charge on any atom is 0.0499 e. The summed E-state index contributed by atoms with van der Waals surface area (Å²) in [4.78, 5) is 2.43. The summed E-state index contributed by atoms with van der Waals surface area (Å²) < 4.78 is 0. The predicted molar refractivity (Wildman–Crippen MR) is 77.7 cm³/mol. The molecule has 0 saturated heterocycles. The molecule has 0 spiro atoms. The molecule has 0 aliphatic heterocycles. The molecule has 0 aromatic rings. The van der Waals surface area contributed by atoms with Crippen molar-refractivity contribution in [1.29, 1.82) is 0 Å². The maximum absolute atomic E-state index is 9.76. The number of nitrogens with zero attached hydrogens (tertiary/aromatic N) is 1. The van der Waals surface area contributed by atoms with Crippen molar-refractivity contribution in [3.8, 4) is 0 Å². The molecular weight excluding hydrogens is 230 g/mol. The highest BCUT2D eigenvalue weighted by atomic mass is 32.2. The Hall–Kier alpha value is 0.270. The predicted octanol–water partition coefficient (Wildman–Crippen LogP) is 3.00. The lowest BCUT2D eigenvalue weighted by Gasteiger charge is -2.35. The Morgan fingerprint density at radius 3 is 2.35 bits per heavy atom. The Kier molecular flexibility index (Phi) is 7.56. The topological polar surface area (TPSA) is 23.5 Å². The van der Waals surface area contributed by atoms with Gasteiger partial charge in [0.2, 0.25) is 0 Å². The molecule has 2 nitrogen and oxygen atoms in total. The summed E-state index contributed by atoms with van der Waals surface area (Å²) in [5, 5.41) is 9.76. The van der Waals surface area contributed by atoms with Gasteiger partial charge in [0.05, 0.1) is 0 Å². The van der Waals surface area contributed by atoms with Gasteiger partial charge in [-0.1, -0.05) is 25.7 Å². The Morgan fingerprint density at radius 1 is 1.18 bits per heavy atom. The van der Waals surface area contributed by atoms with Gasteiger partial charge in [0.25, 0.3) is 0 Å². The highest BCUT2D eigenvalue weighted by Gasteiger charge is 2.31. The first-order chi connectivity index (χ1) is 8.22. The first-order valence-corrected chi connectivity index (χ1v) is 8.40. The van der Waals surface area contributed by atoms with Gasteiger partial charge in [0, 0.05) is 18.6 Å². The van der Waals surface area contributed by atoms with E-state index in [1.54, 1.807) is 0 Å². The highest BCUT2D eigenvalue weighted by Crippen LogP contribution is 2.35. The zero-order chi connectivity index (χ0) is 12.6. The molecule has 1 fully saturated rings. The quantitative estimate of drug-likeness (QED) is 0.561. The second-order valence-electron chi connectivity index (χ2n) is 5.66. The van der Waals surface area contributed by atoms with Crippen LogP contribution in [0.15, 0.2) is 0 Å². The molecule has 1 N–H and O–H groups in total. The van der Waals surface area contributed by atoms with E-state index in [4.69, 9.17) is 0 Å². The fourth-order valence-corrected chi connectivity index (χ4v) is 3.39. The van der Waals surface area contributed by atoms with Crippen LogP contribution in [0.5, 0.6) is 0 Å². The third-order valence-electron chi connectivity index (χ3n) is 3.99. The SMILES string of the molecule is CSCCCN(C)CC1(CO)CCCCCC1. The minimum atomic E-state index is 0.199. The van der Waals surface area contributed by atoms with E-state index in [0.29, 0.717) is 6.61 Å². The number of thioether (sulfide) groups is 1. The van der Waals surface area contributed by atoms with Crippen molar-refractivity contribution in [1.82, 2.24) is 4.90 Å². The van der Waals surface area contributed by atoms with E-state index in [0.717, 1.165) is 6.54 Å². The summed E-state index contributed by atoms with van der Waals surface area (Å²) in [7, 11) is 2.21. The fraction of sp³-hybridized carbons (Fsp3) is 1.00. The van der Waals surface area contributed by atoms with Gasteiger partial charge < -0.3 is 10.0 Å². The van der Waals surface area contributed by atoms with Crippen LogP contribution < -0.4 is 0 Å². The van der Waals surface area contributed by atoms with E-state index in [1.807, 2.05) is 11.8 Å². The molecule has 0 aromatic carbocycles. The Balaban J connectivity index is 2.37. The van der Waals surface area contributed by atoms with Crippen LogP contribution in [-0.4, -0.2) is 48.8 Å². The van der Waals surface area contributed by atoms with Crippen LogP contribution in [0.2, 0.25) is 0 Å². The number of aliphatic hydroxyl groups is 1. The minimum Gasteiger partial charge on any atom is -0.396 e. The third kappa shape index (κ3) is 5.62. The van der Waals surface area contributed by atoms with Gasteiger partial charge in [-0.05, 0) is 44.9 Å². The average Bonchev–Trinajstić information content (AvgIpc) is 2.56. The highest BCUT2D eigenvalue weighted by molar-refractivity contribution is 7.98. The van der Waals surface area contributed by atoms with E-state index in [9.17, 15) is 5.11 Å². The van der Waals surface area contributed by atoms with E-state index < -0.39 is 0 Å². The minimum absolute atomic E-state index is 0.199. The molecule has 1 aliphatic carbocycles. The van der Waals surface area contributed by atoms with Crippen LogP contribution in [0.25, 0.3) is 0 Å². The van der Waals surface area contributed by atoms with Crippen LogP contribution in [0.4, 0.5) is 0 Å². The van der Waals surface area contributed by atoms with Crippen LogP contribution in [-0.2, 0) is 0 Å². The van der Waals surface area contributed by atoms with Gasteiger partial charge in [-0.3, -0.25) is 0 Å². The molecule has 17 heavy (non-hydrogen) atoms. The molecule has 0 bridgehead atoms. The zero-order valence-corrected chi connectivity index (χ0v) is 12.4. The smallest absolute Gasteiger partial charge is 0.0499 e. The van der Waals surface area contributed by atoms with Gasteiger partial charge in [-0.2, -0.15) is 11.8 Å². The number of aliphatic hydroxyl groups excluding tert-OH is 1. The molecule has 0 atom stereocenters. The second-order valence-corrected chi connectivity index (χ2v) is 6.64. The van der Waals surface area contributed by atoms with Crippen molar-refractivity contribution < 1.29 is 5.11 Å². The van der Waals surface area contributed by atoms with Gasteiger partial charge in [0.1, 0.15) is 0 Å². The maximum atomic E-state index is 9.76. The van der Waals surface area contributed by atoms with Crippen LogP contribution in [0, 0.1) is 5.41 Å². The van der Waals surface area contributed by atoms with E-state index in [2.05, 4.69) is 18.2 Å². The van der Waals surface area contributed by atoms with Crippen molar-refractivity contribution in [3.63, 3.8) is 0 Å². The molecular formula is C14H29NOS. The standard InChI is InChI=1S/C14H29NOS/c1-15(10-7-11-17-2)12-14(13-16)8-5-3-4-6-9-14/h16H,3-13H2,1-2H3. The molecule has 0 aromatic heterocycles. The number of rotatable bonds is 7. The molecule has 0 unspecified atom stereocenters. The van der Waals surface area contributed by atoms with Crippen molar-refractivity contribution in [2.75, 3.05) is 38.8 Å². The van der Waals surface area contributed by atoms with Gasteiger partial charge in [0.15, 0.2) is 0 Å². The third-order valence-corrected chi connectivity index (χ3v) is 4.69. The first-order valence-electron chi connectivity index (χ1n) is 7.01. The Labute approximate surface area is 111 Å². The average molecular weight is 259 g/mol. The van der Waals surface area contributed by atoms with E-state index in [-0.39, 0.29) is 5.41 Å². The van der Waals surface area contributed by atoms with Crippen LogP contribution in [0.1, 0.15) is 44.9 Å². The van der Waals surface area contributed by atoms with E-state index >= 15 is 0 Å². The summed E-state index contributed by atoms with van der Waals surface area (Å²) in [5.74, 6) is 1.25. The molecule has 0 heterocycles. The number of hydrogen-bond donors (Lipinski definition) is 1. The lowest BCUT2D eigenvalue weighted by molar-refractivity contribution is 0.0688. The lowest BCUT2D eigenvalue weighted by Crippen LogP contribution is -2.38. The van der Waals surface area contributed by atoms with Crippen molar-refractivity contribution in [3.05, 3.63) is 0 Å². The van der Waals surface area contributed by atoms with Gasteiger partial charge >= 0.3 is 0 Å². The van der Waals surface area contributed by atoms with Gasteiger partial charge in [-0.25, -0.2) is 0 Å². The Bertz CT molecular complexity index is 191. The monoisotopic (exact) mass is 259 g/mol. The fourth-order valence-electron chi connectivity index (χ4n) is 2.98. The van der Waals surface area contributed by atoms with Gasteiger partial charge in [-0.15, -0.1) is 0 Å². The summed E-state index contributed by atoms with van der Waals surface area (Å²) >= 11 is 1.92. The largest absolute Gasteiger partial charge is 0.396 e. The molecule has 3 heteroatoms. The van der Waals surface area contributed by atoms with Crippen molar-refractivity contribution >= 4 is 11.8 Å². The molecule has 1 saturated carbocycles. The normalized spacial score (nSPS) is 20.5. The summed E-state index contributed by atoms with van der Waals surface area (Å²) in [6.45, 7) is 2.63. The van der Waals surface area contributed by atoms with Crippen LogP contribution in [0.3, 0.4) is 0 Å². The summed E-state index contributed by atoms with van der Waals surface area (Å²) in [5.41, 5.74) is 0.199. The van der Waals surface area contributed by atoms with Crippen LogP contribution >= 0.6 is 11.8 Å². The molecule has 102 valence electrons.